The zero-order valence-corrected chi connectivity index (χ0v) is 15.9. The summed E-state index contributed by atoms with van der Waals surface area (Å²) in [6.45, 7) is 3.27. The lowest BCUT2D eigenvalue weighted by molar-refractivity contribution is 0.0952. The molecular weight excluding hydrogens is 362 g/mol. The van der Waals surface area contributed by atoms with Gasteiger partial charge in [0, 0.05) is 17.8 Å². The molecule has 0 aliphatic carbocycles. The standard InChI is InChI=1S/C21H22ClN3O2/c1-16-7-9-20(10-8-16)27-12-3-2-11-23-21(26)17-14-24-25(15-17)19-6-4-5-18(22)13-19/h4-10,13-15H,2-3,11-12H2,1H3,(H,23,26). The lowest BCUT2D eigenvalue weighted by Crippen LogP contribution is -2.24. The van der Waals surface area contributed by atoms with Gasteiger partial charge in [0.05, 0.1) is 24.1 Å². The molecule has 0 fully saturated rings. The van der Waals surface area contributed by atoms with E-state index in [1.165, 1.54) is 5.56 Å². The normalized spacial score (nSPS) is 10.6. The lowest BCUT2D eigenvalue weighted by atomic mass is 10.2. The molecular formula is C21H22ClN3O2. The van der Waals surface area contributed by atoms with E-state index in [1.807, 2.05) is 43.3 Å². The first-order valence-corrected chi connectivity index (χ1v) is 9.28. The number of hydrogen-bond acceptors (Lipinski definition) is 3. The van der Waals surface area contributed by atoms with Crippen molar-refractivity contribution in [3.05, 3.63) is 77.1 Å². The summed E-state index contributed by atoms with van der Waals surface area (Å²) < 4.78 is 7.31. The van der Waals surface area contributed by atoms with E-state index < -0.39 is 0 Å². The number of rotatable bonds is 8. The van der Waals surface area contributed by atoms with Crippen molar-refractivity contribution in [2.75, 3.05) is 13.2 Å². The number of aromatic nitrogens is 2. The van der Waals surface area contributed by atoms with Crippen molar-refractivity contribution in [1.82, 2.24) is 15.1 Å². The SMILES string of the molecule is Cc1ccc(OCCCCNC(=O)c2cnn(-c3cccc(Cl)c3)c2)cc1. The first-order valence-electron chi connectivity index (χ1n) is 8.90. The van der Waals surface area contributed by atoms with Gasteiger partial charge in [-0.1, -0.05) is 35.4 Å². The molecule has 0 bridgehead atoms. The van der Waals surface area contributed by atoms with E-state index in [0.717, 1.165) is 24.3 Å². The van der Waals surface area contributed by atoms with Crippen molar-refractivity contribution >= 4 is 17.5 Å². The molecule has 6 heteroatoms. The average Bonchev–Trinajstić information content (AvgIpc) is 3.16. The minimum atomic E-state index is -0.136. The Morgan fingerprint density at radius 3 is 2.78 bits per heavy atom. The van der Waals surface area contributed by atoms with Crippen LogP contribution < -0.4 is 10.1 Å². The van der Waals surface area contributed by atoms with Gasteiger partial charge in [0.2, 0.25) is 0 Å². The summed E-state index contributed by atoms with van der Waals surface area (Å²) in [5.41, 5.74) is 2.55. The molecule has 0 unspecified atom stereocenters. The summed E-state index contributed by atoms with van der Waals surface area (Å²) in [6, 6.07) is 15.3. The lowest BCUT2D eigenvalue weighted by Gasteiger charge is -2.07. The predicted octanol–water partition coefficient (Wildman–Crippen LogP) is 4.42. The summed E-state index contributed by atoms with van der Waals surface area (Å²) in [7, 11) is 0. The third-order valence-corrected chi connectivity index (χ3v) is 4.30. The molecule has 0 radical (unpaired) electrons. The summed E-state index contributed by atoms with van der Waals surface area (Å²) in [4.78, 5) is 12.2. The number of unbranched alkanes of at least 4 members (excludes halogenated alkanes) is 1. The smallest absolute Gasteiger partial charge is 0.254 e. The molecule has 140 valence electrons. The maximum atomic E-state index is 12.2. The highest BCUT2D eigenvalue weighted by Gasteiger charge is 2.09. The van der Waals surface area contributed by atoms with Crippen molar-refractivity contribution in [1.29, 1.82) is 0 Å². The number of nitrogens with zero attached hydrogens (tertiary/aromatic N) is 2. The minimum Gasteiger partial charge on any atom is -0.494 e. The van der Waals surface area contributed by atoms with Gasteiger partial charge in [-0.3, -0.25) is 4.79 Å². The zero-order valence-electron chi connectivity index (χ0n) is 15.2. The van der Waals surface area contributed by atoms with Gasteiger partial charge in [0.25, 0.3) is 5.91 Å². The third kappa shape index (κ3) is 5.59. The Morgan fingerprint density at radius 2 is 2.00 bits per heavy atom. The van der Waals surface area contributed by atoms with Crippen LogP contribution in [-0.2, 0) is 0 Å². The molecule has 1 N–H and O–H groups in total. The van der Waals surface area contributed by atoms with Gasteiger partial charge in [0.15, 0.2) is 0 Å². The molecule has 3 rings (SSSR count). The Morgan fingerprint density at radius 1 is 1.19 bits per heavy atom. The largest absolute Gasteiger partial charge is 0.494 e. The van der Waals surface area contributed by atoms with Crippen LogP contribution in [0.1, 0.15) is 28.8 Å². The maximum Gasteiger partial charge on any atom is 0.254 e. The number of aryl methyl sites for hydroxylation is 1. The van der Waals surface area contributed by atoms with Gasteiger partial charge in [-0.05, 0) is 50.1 Å². The first kappa shape index (κ1) is 19.0. The summed E-state index contributed by atoms with van der Waals surface area (Å²) in [5, 5.41) is 7.76. The second kappa shape index (κ2) is 9.24. The average molecular weight is 384 g/mol. The number of amides is 1. The highest BCUT2D eigenvalue weighted by molar-refractivity contribution is 6.30. The summed E-state index contributed by atoms with van der Waals surface area (Å²) in [5.74, 6) is 0.737. The van der Waals surface area contributed by atoms with Crippen molar-refractivity contribution < 1.29 is 9.53 Å². The van der Waals surface area contributed by atoms with Gasteiger partial charge in [-0.25, -0.2) is 4.68 Å². The number of carbonyl (C=O) groups is 1. The Kier molecular flexibility index (Phi) is 6.49. The molecule has 3 aromatic rings. The van der Waals surface area contributed by atoms with Crippen LogP contribution in [0.3, 0.4) is 0 Å². The van der Waals surface area contributed by atoms with Crippen LogP contribution in [0.15, 0.2) is 60.9 Å². The second-order valence-corrected chi connectivity index (χ2v) is 6.71. The fourth-order valence-corrected chi connectivity index (χ4v) is 2.74. The molecule has 0 spiro atoms. The third-order valence-electron chi connectivity index (χ3n) is 4.06. The van der Waals surface area contributed by atoms with E-state index in [-0.39, 0.29) is 5.91 Å². The molecule has 0 atom stereocenters. The molecule has 0 saturated carbocycles. The van der Waals surface area contributed by atoms with Gasteiger partial charge in [0.1, 0.15) is 5.75 Å². The van der Waals surface area contributed by atoms with E-state index in [4.69, 9.17) is 16.3 Å². The number of ether oxygens (including phenoxy) is 1. The van der Waals surface area contributed by atoms with Crippen molar-refractivity contribution in [2.24, 2.45) is 0 Å². The Hall–Kier alpha value is -2.79. The maximum absolute atomic E-state index is 12.2. The van der Waals surface area contributed by atoms with Gasteiger partial charge < -0.3 is 10.1 Å². The van der Waals surface area contributed by atoms with Crippen LogP contribution in [0, 0.1) is 6.92 Å². The van der Waals surface area contributed by atoms with Crippen molar-refractivity contribution in [3.8, 4) is 11.4 Å². The minimum absolute atomic E-state index is 0.136. The van der Waals surface area contributed by atoms with Crippen molar-refractivity contribution in [3.63, 3.8) is 0 Å². The van der Waals surface area contributed by atoms with Crippen LogP contribution in [-0.4, -0.2) is 28.8 Å². The van der Waals surface area contributed by atoms with Gasteiger partial charge in [-0.15, -0.1) is 0 Å². The van der Waals surface area contributed by atoms with Gasteiger partial charge in [-0.2, -0.15) is 5.10 Å². The van der Waals surface area contributed by atoms with Crippen LogP contribution in [0.5, 0.6) is 5.75 Å². The molecule has 0 aliphatic heterocycles. The molecule has 0 aliphatic rings. The molecule has 1 heterocycles. The fourth-order valence-electron chi connectivity index (χ4n) is 2.56. The molecule has 0 saturated heterocycles. The van der Waals surface area contributed by atoms with E-state index in [0.29, 0.717) is 23.7 Å². The van der Waals surface area contributed by atoms with Crippen LogP contribution in [0.2, 0.25) is 5.02 Å². The molecule has 2 aromatic carbocycles. The van der Waals surface area contributed by atoms with E-state index in [9.17, 15) is 4.79 Å². The molecule has 5 nitrogen and oxygen atoms in total. The monoisotopic (exact) mass is 383 g/mol. The molecule has 27 heavy (non-hydrogen) atoms. The second-order valence-electron chi connectivity index (χ2n) is 6.28. The number of nitrogens with one attached hydrogen (secondary N) is 1. The van der Waals surface area contributed by atoms with Crippen LogP contribution in [0.4, 0.5) is 0 Å². The van der Waals surface area contributed by atoms with E-state index in [2.05, 4.69) is 10.4 Å². The zero-order chi connectivity index (χ0) is 19.1. The number of benzene rings is 2. The quantitative estimate of drug-likeness (QED) is 0.586. The van der Waals surface area contributed by atoms with Crippen LogP contribution in [0.25, 0.3) is 5.69 Å². The Bertz CT molecular complexity index is 890. The Balaban J connectivity index is 1.39. The van der Waals surface area contributed by atoms with E-state index >= 15 is 0 Å². The highest BCUT2D eigenvalue weighted by atomic mass is 35.5. The van der Waals surface area contributed by atoms with Gasteiger partial charge >= 0.3 is 0 Å². The highest BCUT2D eigenvalue weighted by Crippen LogP contribution is 2.15. The molecule has 1 amide bonds. The van der Waals surface area contributed by atoms with Crippen molar-refractivity contribution in [2.45, 2.75) is 19.8 Å². The topological polar surface area (TPSA) is 56.1 Å². The number of hydrogen-bond donors (Lipinski definition) is 1. The van der Waals surface area contributed by atoms with E-state index in [1.54, 1.807) is 29.2 Å². The Labute approximate surface area is 163 Å². The number of carbonyl (C=O) groups excluding carboxylic acids is 1. The first-order chi connectivity index (χ1) is 13.1. The van der Waals surface area contributed by atoms with Crippen LogP contribution >= 0.6 is 11.6 Å². The summed E-state index contributed by atoms with van der Waals surface area (Å²) in [6.07, 6.45) is 4.97. The fraction of sp³-hybridized carbons (Fsp3) is 0.238. The molecule has 1 aromatic heterocycles. The summed E-state index contributed by atoms with van der Waals surface area (Å²) >= 11 is 5.99. The number of halogens is 1. The predicted molar refractivity (Wildman–Crippen MR) is 107 cm³/mol.